The van der Waals surface area contributed by atoms with Crippen molar-refractivity contribution in [1.82, 2.24) is 5.32 Å². The molecule has 2 atom stereocenters. The smallest absolute Gasteiger partial charge is 0.269 e. The van der Waals surface area contributed by atoms with Gasteiger partial charge in [0.2, 0.25) is 0 Å². The zero-order valence-corrected chi connectivity index (χ0v) is 11.4. The SMILES string of the molecule is CC(NCC1(C)CCCO1)c1cccc([N+](=O)[O-])c1. The second-order valence-corrected chi connectivity index (χ2v) is 5.36. The molecule has 1 saturated heterocycles. The van der Waals surface area contributed by atoms with Crippen LogP contribution in [0.25, 0.3) is 0 Å². The number of nitrogens with zero attached hydrogens (tertiary/aromatic N) is 1. The number of non-ortho nitro benzene ring substituents is 1. The van der Waals surface area contributed by atoms with Crippen molar-refractivity contribution in [2.75, 3.05) is 13.2 Å². The van der Waals surface area contributed by atoms with Crippen LogP contribution < -0.4 is 5.32 Å². The van der Waals surface area contributed by atoms with Crippen LogP contribution in [0.3, 0.4) is 0 Å². The number of rotatable bonds is 5. The standard InChI is InChI=1S/C14H20N2O3/c1-11(15-10-14(2)7-4-8-19-14)12-5-3-6-13(9-12)16(17)18/h3,5-6,9,11,15H,4,7-8,10H2,1-2H3. The van der Waals surface area contributed by atoms with Crippen LogP contribution in [0.5, 0.6) is 0 Å². The molecule has 0 spiro atoms. The molecule has 104 valence electrons. The molecule has 0 saturated carbocycles. The normalized spacial score (nSPS) is 24.3. The predicted octanol–water partition coefficient (Wildman–Crippen LogP) is 2.81. The maximum absolute atomic E-state index is 10.8. The lowest BCUT2D eigenvalue weighted by atomic mass is 10.0. The quantitative estimate of drug-likeness (QED) is 0.656. The van der Waals surface area contributed by atoms with Gasteiger partial charge in [-0.2, -0.15) is 0 Å². The van der Waals surface area contributed by atoms with Gasteiger partial charge in [0.25, 0.3) is 5.69 Å². The highest BCUT2D eigenvalue weighted by Gasteiger charge is 2.29. The molecule has 19 heavy (non-hydrogen) atoms. The fraction of sp³-hybridized carbons (Fsp3) is 0.571. The molecular weight excluding hydrogens is 244 g/mol. The summed E-state index contributed by atoms with van der Waals surface area (Å²) in [6.45, 7) is 5.70. The zero-order chi connectivity index (χ0) is 13.9. The molecule has 1 aliphatic heterocycles. The maximum atomic E-state index is 10.8. The monoisotopic (exact) mass is 264 g/mol. The average molecular weight is 264 g/mol. The van der Waals surface area contributed by atoms with Crippen LogP contribution in [-0.4, -0.2) is 23.7 Å². The van der Waals surface area contributed by atoms with E-state index in [-0.39, 0.29) is 22.3 Å². The van der Waals surface area contributed by atoms with Crippen LogP contribution in [0.4, 0.5) is 5.69 Å². The number of nitro groups is 1. The third-order valence-corrected chi connectivity index (χ3v) is 3.66. The molecule has 1 aromatic carbocycles. The van der Waals surface area contributed by atoms with Gasteiger partial charge in [0, 0.05) is 31.3 Å². The Labute approximate surface area is 113 Å². The number of benzene rings is 1. The third-order valence-electron chi connectivity index (χ3n) is 3.66. The molecule has 0 amide bonds. The lowest BCUT2D eigenvalue weighted by Gasteiger charge is -2.26. The molecule has 0 bridgehead atoms. The van der Waals surface area contributed by atoms with E-state index in [1.54, 1.807) is 12.1 Å². The van der Waals surface area contributed by atoms with Crippen molar-refractivity contribution < 1.29 is 9.66 Å². The highest BCUT2D eigenvalue weighted by molar-refractivity contribution is 5.35. The molecule has 5 heteroatoms. The molecule has 2 unspecified atom stereocenters. The van der Waals surface area contributed by atoms with Crippen LogP contribution in [0.15, 0.2) is 24.3 Å². The number of nitrogens with one attached hydrogen (secondary N) is 1. The first kappa shape index (κ1) is 14.0. The van der Waals surface area contributed by atoms with Crippen molar-refractivity contribution in [1.29, 1.82) is 0 Å². The Hall–Kier alpha value is -1.46. The number of hydrogen-bond donors (Lipinski definition) is 1. The van der Waals surface area contributed by atoms with Gasteiger partial charge in [-0.15, -0.1) is 0 Å². The van der Waals surface area contributed by atoms with Crippen LogP contribution >= 0.6 is 0 Å². The van der Waals surface area contributed by atoms with Gasteiger partial charge < -0.3 is 10.1 Å². The Balaban J connectivity index is 1.97. The van der Waals surface area contributed by atoms with E-state index in [0.29, 0.717) is 0 Å². The highest BCUT2D eigenvalue weighted by Crippen LogP contribution is 2.25. The summed E-state index contributed by atoms with van der Waals surface area (Å²) in [7, 11) is 0. The second kappa shape index (κ2) is 5.67. The van der Waals surface area contributed by atoms with Crippen molar-refractivity contribution in [2.24, 2.45) is 0 Å². The van der Waals surface area contributed by atoms with E-state index in [4.69, 9.17) is 4.74 Å². The van der Waals surface area contributed by atoms with Crippen molar-refractivity contribution >= 4 is 5.69 Å². The van der Waals surface area contributed by atoms with Crippen LogP contribution in [0.1, 0.15) is 38.3 Å². The van der Waals surface area contributed by atoms with Crippen molar-refractivity contribution in [3.05, 3.63) is 39.9 Å². The Kier molecular flexibility index (Phi) is 4.17. The Bertz CT molecular complexity index is 456. The van der Waals surface area contributed by atoms with Crippen molar-refractivity contribution in [2.45, 2.75) is 38.3 Å². The minimum atomic E-state index is -0.363. The van der Waals surface area contributed by atoms with E-state index in [9.17, 15) is 10.1 Å². The first-order valence-corrected chi connectivity index (χ1v) is 6.62. The highest BCUT2D eigenvalue weighted by atomic mass is 16.6. The molecule has 1 N–H and O–H groups in total. The fourth-order valence-corrected chi connectivity index (χ4v) is 2.37. The molecule has 1 aliphatic rings. The van der Waals surface area contributed by atoms with E-state index >= 15 is 0 Å². The van der Waals surface area contributed by atoms with E-state index in [1.165, 1.54) is 6.07 Å². The molecular formula is C14H20N2O3. The maximum Gasteiger partial charge on any atom is 0.269 e. The second-order valence-electron chi connectivity index (χ2n) is 5.36. The van der Waals surface area contributed by atoms with Gasteiger partial charge in [0.1, 0.15) is 0 Å². The van der Waals surface area contributed by atoms with Gasteiger partial charge in [0.05, 0.1) is 10.5 Å². The number of hydrogen-bond acceptors (Lipinski definition) is 4. The van der Waals surface area contributed by atoms with Crippen LogP contribution in [0.2, 0.25) is 0 Å². The summed E-state index contributed by atoms with van der Waals surface area (Å²) in [6.07, 6.45) is 2.16. The Morgan fingerprint density at radius 2 is 2.37 bits per heavy atom. The van der Waals surface area contributed by atoms with Crippen LogP contribution in [0, 0.1) is 10.1 Å². The van der Waals surface area contributed by atoms with Gasteiger partial charge in [-0.1, -0.05) is 12.1 Å². The molecule has 0 aliphatic carbocycles. The summed E-state index contributed by atoms with van der Waals surface area (Å²) in [5.74, 6) is 0. The molecule has 1 heterocycles. The summed E-state index contributed by atoms with van der Waals surface area (Å²) < 4.78 is 5.72. The fourth-order valence-electron chi connectivity index (χ4n) is 2.37. The van der Waals surface area contributed by atoms with E-state index in [1.807, 2.05) is 13.0 Å². The Morgan fingerprint density at radius 1 is 1.58 bits per heavy atom. The van der Waals surface area contributed by atoms with Gasteiger partial charge in [-0.3, -0.25) is 10.1 Å². The zero-order valence-electron chi connectivity index (χ0n) is 11.4. The lowest BCUT2D eigenvalue weighted by molar-refractivity contribution is -0.384. The molecule has 0 aromatic heterocycles. The topological polar surface area (TPSA) is 64.4 Å². The van der Waals surface area contributed by atoms with Gasteiger partial charge >= 0.3 is 0 Å². The molecule has 1 aromatic rings. The van der Waals surface area contributed by atoms with E-state index in [0.717, 1.165) is 31.6 Å². The summed E-state index contributed by atoms with van der Waals surface area (Å²) in [4.78, 5) is 10.4. The molecule has 5 nitrogen and oxygen atoms in total. The summed E-state index contributed by atoms with van der Waals surface area (Å²) >= 11 is 0. The Morgan fingerprint density at radius 3 is 3.00 bits per heavy atom. The third kappa shape index (κ3) is 3.52. The molecule has 1 fully saturated rings. The molecule has 2 rings (SSSR count). The minimum absolute atomic E-state index is 0.0703. The van der Waals surface area contributed by atoms with Crippen LogP contribution in [-0.2, 0) is 4.74 Å². The predicted molar refractivity (Wildman–Crippen MR) is 73.1 cm³/mol. The molecule has 0 radical (unpaired) electrons. The van der Waals surface area contributed by atoms with E-state index < -0.39 is 0 Å². The van der Waals surface area contributed by atoms with Gasteiger partial charge in [-0.25, -0.2) is 0 Å². The summed E-state index contributed by atoms with van der Waals surface area (Å²) in [5, 5.41) is 14.2. The minimum Gasteiger partial charge on any atom is -0.374 e. The lowest BCUT2D eigenvalue weighted by Crippen LogP contribution is -2.38. The number of ether oxygens (including phenoxy) is 1. The summed E-state index contributed by atoms with van der Waals surface area (Å²) in [6, 6.07) is 6.83. The first-order valence-electron chi connectivity index (χ1n) is 6.62. The van der Waals surface area contributed by atoms with E-state index in [2.05, 4.69) is 12.2 Å². The van der Waals surface area contributed by atoms with Gasteiger partial charge in [0.15, 0.2) is 0 Å². The van der Waals surface area contributed by atoms with Gasteiger partial charge in [-0.05, 0) is 32.3 Å². The number of nitro benzene ring substituents is 1. The van der Waals surface area contributed by atoms with Crippen molar-refractivity contribution in [3.8, 4) is 0 Å². The van der Waals surface area contributed by atoms with Crippen molar-refractivity contribution in [3.63, 3.8) is 0 Å². The first-order chi connectivity index (χ1) is 9.00. The summed E-state index contributed by atoms with van der Waals surface area (Å²) in [5.41, 5.74) is 0.958. The largest absolute Gasteiger partial charge is 0.374 e. The average Bonchev–Trinajstić information content (AvgIpc) is 2.83.